The van der Waals surface area contributed by atoms with Crippen molar-refractivity contribution in [2.45, 2.75) is 46.1 Å². The number of nitrogens with zero attached hydrogens (tertiary/aromatic N) is 2. The van der Waals surface area contributed by atoms with Gasteiger partial charge in [0.2, 0.25) is 0 Å². The Balaban J connectivity index is 0.00000243. The number of aromatic nitrogens is 2. The first-order valence-corrected chi connectivity index (χ1v) is 9.14. The molecule has 2 aromatic rings. The molecule has 1 saturated heterocycles. The average Bonchev–Trinajstić information content (AvgIpc) is 3.03. The smallest absolute Gasteiger partial charge is 0.255 e. The molecule has 142 valence electrons. The number of aryl methyl sites for hydroxylation is 1. The van der Waals surface area contributed by atoms with Crippen LogP contribution in [0.4, 0.5) is 0 Å². The largest absolute Gasteiger partial charge is 0.348 e. The molecule has 2 unspecified atom stereocenters. The summed E-state index contributed by atoms with van der Waals surface area (Å²) in [6, 6.07) is 8.39. The number of hydrogen-bond donors (Lipinski definition) is 2. The first kappa shape index (κ1) is 20.5. The number of nitrogens with one attached hydrogen (secondary N) is 2. The van der Waals surface area contributed by atoms with Crippen molar-refractivity contribution in [3.63, 3.8) is 0 Å². The molecule has 1 aromatic heterocycles. The number of rotatable bonds is 4. The molecule has 26 heavy (non-hydrogen) atoms. The summed E-state index contributed by atoms with van der Waals surface area (Å²) in [5.74, 6) is 0.661. The van der Waals surface area contributed by atoms with E-state index < -0.39 is 0 Å². The van der Waals surface area contributed by atoms with Crippen LogP contribution < -0.4 is 10.6 Å². The first-order chi connectivity index (χ1) is 12.0. The predicted octanol–water partition coefficient (Wildman–Crippen LogP) is 3.45. The zero-order chi connectivity index (χ0) is 18.0. The van der Waals surface area contributed by atoms with E-state index in [4.69, 9.17) is 0 Å². The van der Waals surface area contributed by atoms with E-state index in [0.29, 0.717) is 11.5 Å². The summed E-state index contributed by atoms with van der Waals surface area (Å²) < 4.78 is 1.89. The summed E-state index contributed by atoms with van der Waals surface area (Å²) in [5.41, 5.74) is 3.82. The van der Waals surface area contributed by atoms with Gasteiger partial charge in [-0.3, -0.25) is 4.79 Å². The van der Waals surface area contributed by atoms with Crippen molar-refractivity contribution in [2.24, 2.45) is 5.92 Å². The molecule has 6 heteroatoms. The van der Waals surface area contributed by atoms with E-state index in [1.165, 1.54) is 5.56 Å². The zero-order valence-corrected chi connectivity index (χ0v) is 16.8. The van der Waals surface area contributed by atoms with E-state index in [0.717, 1.165) is 30.9 Å². The Morgan fingerprint density at radius 3 is 2.62 bits per heavy atom. The Hall–Kier alpha value is -1.85. The molecule has 2 atom stereocenters. The Kier molecular flexibility index (Phi) is 6.84. The van der Waals surface area contributed by atoms with Crippen molar-refractivity contribution in [1.29, 1.82) is 0 Å². The second kappa shape index (κ2) is 8.69. The summed E-state index contributed by atoms with van der Waals surface area (Å²) in [4.78, 5) is 12.9. The predicted molar refractivity (Wildman–Crippen MR) is 108 cm³/mol. The van der Waals surface area contributed by atoms with Crippen LogP contribution in [0.25, 0.3) is 5.69 Å². The molecule has 0 radical (unpaired) electrons. The SMILES string of the molecule is Cc1ccc(-n2ncc(C(=O)NC3CNCCC3C)c2C(C)C)cc1.Cl. The third-order valence-corrected chi connectivity index (χ3v) is 5.02. The fourth-order valence-electron chi connectivity index (χ4n) is 3.41. The highest BCUT2D eigenvalue weighted by atomic mass is 35.5. The lowest BCUT2D eigenvalue weighted by Gasteiger charge is -2.30. The molecule has 0 spiro atoms. The number of carbonyl (C=O) groups excluding carboxylic acids is 1. The quantitative estimate of drug-likeness (QED) is 0.859. The van der Waals surface area contributed by atoms with Gasteiger partial charge in [0, 0.05) is 12.6 Å². The van der Waals surface area contributed by atoms with Gasteiger partial charge in [-0.15, -0.1) is 12.4 Å². The van der Waals surface area contributed by atoms with Gasteiger partial charge >= 0.3 is 0 Å². The second-order valence-corrected chi connectivity index (χ2v) is 7.40. The van der Waals surface area contributed by atoms with E-state index in [2.05, 4.69) is 55.6 Å². The van der Waals surface area contributed by atoms with Crippen molar-refractivity contribution in [1.82, 2.24) is 20.4 Å². The molecule has 3 rings (SSSR count). The molecule has 2 heterocycles. The highest BCUT2D eigenvalue weighted by Crippen LogP contribution is 2.24. The van der Waals surface area contributed by atoms with Crippen molar-refractivity contribution in [3.8, 4) is 5.69 Å². The summed E-state index contributed by atoms with van der Waals surface area (Å²) in [5, 5.41) is 11.1. The van der Waals surface area contributed by atoms with Gasteiger partial charge < -0.3 is 10.6 Å². The van der Waals surface area contributed by atoms with E-state index in [9.17, 15) is 4.79 Å². The summed E-state index contributed by atoms with van der Waals surface area (Å²) in [7, 11) is 0. The highest BCUT2D eigenvalue weighted by molar-refractivity contribution is 5.95. The van der Waals surface area contributed by atoms with Gasteiger partial charge in [0.1, 0.15) is 0 Å². The number of piperidine rings is 1. The number of benzene rings is 1. The van der Waals surface area contributed by atoms with Gasteiger partial charge in [0.15, 0.2) is 0 Å². The fraction of sp³-hybridized carbons (Fsp3) is 0.500. The van der Waals surface area contributed by atoms with E-state index in [1.807, 2.05) is 16.8 Å². The summed E-state index contributed by atoms with van der Waals surface area (Å²) in [6.45, 7) is 10.3. The number of amides is 1. The summed E-state index contributed by atoms with van der Waals surface area (Å²) in [6.07, 6.45) is 2.79. The van der Waals surface area contributed by atoms with Crippen LogP contribution in [0.15, 0.2) is 30.5 Å². The molecule has 2 N–H and O–H groups in total. The van der Waals surface area contributed by atoms with Crippen LogP contribution in [0, 0.1) is 12.8 Å². The van der Waals surface area contributed by atoms with Gasteiger partial charge in [0.25, 0.3) is 5.91 Å². The molecule has 0 saturated carbocycles. The van der Waals surface area contributed by atoms with Crippen LogP contribution in [0.5, 0.6) is 0 Å². The molecule has 1 aliphatic heterocycles. The number of carbonyl (C=O) groups is 1. The van der Waals surface area contributed by atoms with Crippen LogP contribution in [-0.2, 0) is 0 Å². The Labute approximate surface area is 162 Å². The third kappa shape index (κ3) is 4.27. The van der Waals surface area contributed by atoms with Crippen LogP contribution in [0.2, 0.25) is 0 Å². The topological polar surface area (TPSA) is 59.0 Å². The maximum absolute atomic E-state index is 12.9. The van der Waals surface area contributed by atoms with Crippen LogP contribution in [0.3, 0.4) is 0 Å². The van der Waals surface area contributed by atoms with E-state index in [1.54, 1.807) is 6.20 Å². The van der Waals surface area contributed by atoms with Gasteiger partial charge in [-0.2, -0.15) is 5.10 Å². The maximum Gasteiger partial charge on any atom is 0.255 e. The minimum absolute atomic E-state index is 0. The van der Waals surface area contributed by atoms with E-state index >= 15 is 0 Å². The first-order valence-electron chi connectivity index (χ1n) is 9.14. The molecule has 0 bridgehead atoms. The van der Waals surface area contributed by atoms with Crippen LogP contribution in [0.1, 0.15) is 54.7 Å². The van der Waals surface area contributed by atoms with Gasteiger partial charge in [-0.1, -0.05) is 38.5 Å². The molecule has 1 amide bonds. The zero-order valence-electron chi connectivity index (χ0n) is 16.0. The summed E-state index contributed by atoms with van der Waals surface area (Å²) >= 11 is 0. The van der Waals surface area contributed by atoms with Gasteiger partial charge in [-0.25, -0.2) is 4.68 Å². The minimum Gasteiger partial charge on any atom is -0.348 e. The molecular formula is C20H29ClN4O. The average molecular weight is 377 g/mol. The fourth-order valence-corrected chi connectivity index (χ4v) is 3.41. The number of hydrogen-bond acceptors (Lipinski definition) is 3. The Morgan fingerprint density at radius 1 is 1.31 bits per heavy atom. The second-order valence-electron chi connectivity index (χ2n) is 7.40. The molecule has 1 aliphatic rings. The van der Waals surface area contributed by atoms with Crippen molar-refractivity contribution in [3.05, 3.63) is 47.3 Å². The van der Waals surface area contributed by atoms with E-state index in [-0.39, 0.29) is 30.3 Å². The Bertz CT molecular complexity index is 739. The van der Waals surface area contributed by atoms with Crippen LogP contribution in [-0.4, -0.2) is 34.8 Å². The molecule has 1 fully saturated rings. The standard InChI is InChI=1S/C20H28N4O.ClH/c1-13(2)19-17(20(25)23-18-12-21-10-9-15(18)4)11-22-24(19)16-7-5-14(3)6-8-16;/h5-8,11,13,15,18,21H,9-10,12H2,1-4H3,(H,23,25);1H. The Morgan fingerprint density at radius 2 is 2.00 bits per heavy atom. The molecule has 5 nitrogen and oxygen atoms in total. The van der Waals surface area contributed by atoms with Crippen molar-refractivity contribution >= 4 is 18.3 Å². The van der Waals surface area contributed by atoms with Crippen molar-refractivity contribution < 1.29 is 4.79 Å². The monoisotopic (exact) mass is 376 g/mol. The van der Waals surface area contributed by atoms with Crippen molar-refractivity contribution in [2.75, 3.05) is 13.1 Å². The van der Waals surface area contributed by atoms with Gasteiger partial charge in [-0.05, 0) is 43.9 Å². The maximum atomic E-state index is 12.9. The molecule has 0 aliphatic carbocycles. The minimum atomic E-state index is -0.0254. The van der Waals surface area contributed by atoms with Gasteiger partial charge in [0.05, 0.1) is 23.1 Å². The lowest BCUT2D eigenvalue weighted by molar-refractivity contribution is 0.0914. The molecule has 1 aromatic carbocycles. The molecular weight excluding hydrogens is 348 g/mol. The highest BCUT2D eigenvalue weighted by Gasteiger charge is 2.26. The number of halogens is 1. The lowest BCUT2D eigenvalue weighted by Crippen LogP contribution is -2.50. The lowest BCUT2D eigenvalue weighted by atomic mass is 9.94. The van der Waals surface area contributed by atoms with Crippen LogP contribution >= 0.6 is 12.4 Å². The third-order valence-electron chi connectivity index (χ3n) is 5.02. The normalized spacial score (nSPS) is 19.9.